The summed E-state index contributed by atoms with van der Waals surface area (Å²) in [6, 6.07) is 11.4. The summed E-state index contributed by atoms with van der Waals surface area (Å²) in [5, 5.41) is 0. The predicted molar refractivity (Wildman–Crippen MR) is 82.2 cm³/mol. The van der Waals surface area contributed by atoms with Gasteiger partial charge in [0.1, 0.15) is 5.69 Å². The van der Waals surface area contributed by atoms with Gasteiger partial charge in [0.15, 0.2) is 0 Å². The molecule has 0 aliphatic heterocycles. The minimum Gasteiger partial charge on any atom is -0.251 e. The van der Waals surface area contributed by atoms with Crippen LogP contribution in [0.2, 0.25) is 0 Å². The summed E-state index contributed by atoms with van der Waals surface area (Å²) < 4.78 is 38.0. The quantitative estimate of drug-likeness (QED) is 0.738. The topological polar surface area (TPSA) is 12.9 Å². The normalized spacial score (nSPS) is 29.4. The maximum atomic E-state index is 12.7. The molecule has 4 heteroatoms. The highest BCUT2D eigenvalue weighted by Gasteiger charge is 2.57. The average Bonchev–Trinajstić information content (AvgIpc) is 3.03. The van der Waals surface area contributed by atoms with E-state index in [-0.39, 0.29) is 5.41 Å². The number of alkyl halides is 3. The number of rotatable bonds is 2. The van der Waals surface area contributed by atoms with Crippen LogP contribution >= 0.6 is 0 Å². The van der Waals surface area contributed by atoms with Gasteiger partial charge in [-0.15, -0.1) is 0 Å². The van der Waals surface area contributed by atoms with E-state index in [1.54, 1.807) is 6.07 Å². The molecule has 0 N–H and O–H groups in total. The van der Waals surface area contributed by atoms with Gasteiger partial charge in [-0.1, -0.05) is 35.9 Å². The first-order valence-corrected chi connectivity index (χ1v) is 7.98. The lowest BCUT2D eigenvalue weighted by atomic mass is 9.65. The Bertz CT molecular complexity index is 710. The highest BCUT2D eigenvalue weighted by molar-refractivity contribution is 5.37. The van der Waals surface area contributed by atoms with Gasteiger partial charge >= 0.3 is 6.18 Å². The SMILES string of the molecule is Cc1ccc(C2CC3(c4ccc(C(F)(F)F)nc4)CC2C3)cc1. The first kappa shape index (κ1) is 14.7. The summed E-state index contributed by atoms with van der Waals surface area (Å²) in [7, 11) is 0. The second kappa shape index (κ2) is 4.83. The van der Waals surface area contributed by atoms with Gasteiger partial charge in [0.05, 0.1) is 0 Å². The van der Waals surface area contributed by atoms with Crippen molar-refractivity contribution in [3.05, 3.63) is 65.0 Å². The fourth-order valence-electron chi connectivity index (χ4n) is 4.42. The number of aromatic nitrogens is 1. The number of aryl methyl sites for hydroxylation is 1. The van der Waals surface area contributed by atoms with E-state index in [1.807, 2.05) is 0 Å². The second-order valence-electron chi connectivity index (χ2n) is 7.10. The third kappa shape index (κ3) is 2.35. The van der Waals surface area contributed by atoms with Crippen LogP contribution in [-0.4, -0.2) is 4.98 Å². The molecule has 23 heavy (non-hydrogen) atoms. The molecular weight excluding hydrogens is 299 g/mol. The van der Waals surface area contributed by atoms with Crippen LogP contribution in [-0.2, 0) is 11.6 Å². The number of benzene rings is 1. The number of hydrogen-bond acceptors (Lipinski definition) is 1. The molecule has 1 heterocycles. The Kier molecular flexibility index (Phi) is 3.09. The highest BCUT2D eigenvalue weighted by atomic mass is 19.4. The Labute approximate surface area is 133 Å². The van der Waals surface area contributed by atoms with Crippen LogP contribution < -0.4 is 0 Å². The molecular formula is C19H18F3N. The molecule has 2 bridgehead atoms. The van der Waals surface area contributed by atoms with Crippen molar-refractivity contribution in [3.8, 4) is 0 Å². The molecule has 1 unspecified atom stereocenters. The van der Waals surface area contributed by atoms with Crippen LogP contribution in [0.15, 0.2) is 42.6 Å². The van der Waals surface area contributed by atoms with Crippen LogP contribution in [0.4, 0.5) is 13.2 Å². The molecule has 3 fully saturated rings. The number of halogens is 3. The van der Waals surface area contributed by atoms with Gasteiger partial charge in [0, 0.05) is 6.20 Å². The van der Waals surface area contributed by atoms with Gasteiger partial charge in [-0.25, -0.2) is 0 Å². The standard InChI is InChI=1S/C19H18F3N/c1-12-2-4-13(5-3-12)16-10-18(8-14(16)9-18)15-6-7-17(23-11-15)19(20,21)22/h2-7,11,14,16H,8-10H2,1H3. The Balaban J connectivity index is 1.57. The van der Waals surface area contributed by atoms with E-state index >= 15 is 0 Å². The predicted octanol–water partition coefficient (Wildman–Crippen LogP) is 5.24. The lowest BCUT2D eigenvalue weighted by Crippen LogP contribution is -2.32. The van der Waals surface area contributed by atoms with E-state index in [9.17, 15) is 13.2 Å². The molecule has 1 atom stereocenters. The van der Waals surface area contributed by atoms with Crippen molar-refractivity contribution in [1.29, 1.82) is 0 Å². The summed E-state index contributed by atoms with van der Waals surface area (Å²) in [5.74, 6) is 1.18. The van der Waals surface area contributed by atoms with Crippen molar-refractivity contribution in [1.82, 2.24) is 4.98 Å². The van der Waals surface area contributed by atoms with Gasteiger partial charge in [0.25, 0.3) is 0 Å². The van der Waals surface area contributed by atoms with Crippen LogP contribution in [0, 0.1) is 12.8 Å². The molecule has 5 rings (SSSR count). The minimum absolute atomic E-state index is 0.0390. The molecule has 120 valence electrons. The van der Waals surface area contributed by atoms with Crippen LogP contribution in [0.1, 0.15) is 47.6 Å². The summed E-state index contributed by atoms with van der Waals surface area (Å²) in [6.07, 6.45) is 0.236. The number of fused-ring (bicyclic) bond motifs is 1. The smallest absolute Gasteiger partial charge is 0.251 e. The van der Waals surface area contributed by atoms with E-state index < -0.39 is 11.9 Å². The molecule has 3 aliphatic carbocycles. The summed E-state index contributed by atoms with van der Waals surface area (Å²) in [5.41, 5.74) is 2.82. The molecule has 0 saturated heterocycles. The van der Waals surface area contributed by atoms with Crippen molar-refractivity contribution in [3.63, 3.8) is 0 Å². The van der Waals surface area contributed by atoms with E-state index in [0.29, 0.717) is 11.8 Å². The van der Waals surface area contributed by atoms with Gasteiger partial charge in [-0.2, -0.15) is 13.2 Å². The molecule has 1 aromatic heterocycles. The largest absolute Gasteiger partial charge is 0.433 e. The zero-order valence-electron chi connectivity index (χ0n) is 12.9. The van der Waals surface area contributed by atoms with Gasteiger partial charge in [-0.05, 0) is 60.6 Å². The number of nitrogens with zero attached hydrogens (tertiary/aromatic N) is 1. The van der Waals surface area contributed by atoms with E-state index in [0.717, 1.165) is 30.9 Å². The first-order valence-electron chi connectivity index (χ1n) is 7.98. The molecule has 1 nitrogen and oxygen atoms in total. The lowest BCUT2D eigenvalue weighted by molar-refractivity contribution is -0.141. The Hall–Kier alpha value is -1.84. The van der Waals surface area contributed by atoms with Gasteiger partial charge in [-0.3, -0.25) is 4.98 Å². The summed E-state index contributed by atoms with van der Waals surface area (Å²) in [6.45, 7) is 2.08. The van der Waals surface area contributed by atoms with E-state index in [4.69, 9.17) is 0 Å². The molecule has 3 saturated carbocycles. The lowest BCUT2D eigenvalue weighted by Gasteiger charge is -2.39. The Morgan fingerprint density at radius 1 is 1.00 bits per heavy atom. The van der Waals surface area contributed by atoms with Crippen molar-refractivity contribution in [2.75, 3.05) is 0 Å². The average molecular weight is 317 g/mol. The van der Waals surface area contributed by atoms with Crippen molar-refractivity contribution >= 4 is 0 Å². The van der Waals surface area contributed by atoms with Crippen molar-refractivity contribution < 1.29 is 13.2 Å². The molecule has 3 aliphatic rings. The van der Waals surface area contributed by atoms with Crippen LogP contribution in [0.3, 0.4) is 0 Å². The molecule has 2 aromatic rings. The fourth-order valence-corrected chi connectivity index (χ4v) is 4.42. The number of pyridine rings is 1. The summed E-state index contributed by atoms with van der Waals surface area (Å²) in [4.78, 5) is 3.65. The second-order valence-corrected chi connectivity index (χ2v) is 7.10. The van der Waals surface area contributed by atoms with Gasteiger partial charge < -0.3 is 0 Å². The van der Waals surface area contributed by atoms with E-state index in [1.165, 1.54) is 17.3 Å². The highest BCUT2D eigenvalue weighted by Crippen LogP contribution is 2.65. The minimum atomic E-state index is -4.36. The zero-order valence-corrected chi connectivity index (χ0v) is 12.9. The van der Waals surface area contributed by atoms with Gasteiger partial charge in [0.2, 0.25) is 0 Å². The van der Waals surface area contributed by atoms with Crippen molar-refractivity contribution in [2.45, 2.75) is 43.7 Å². The van der Waals surface area contributed by atoms with Crippen LogP contribution in [0.25, 0.3) is 0 Å². The molecule has 0 radical (unpaired) electrons. The Morgan fingerprint density at radius 2 is 1.70 bits per heavy atom. The first-order chi connectivity index (χ1) is 10.9. The van der Waals surface area contributed by atoms with E-state index in [2.05, 4.69) is 36.2 Å². The van der Waals surface area contributed by atoms with Crippen LogP contribution in [0.5, 0.6) is 0 Å². The molecule has 1 aromatic carbocycles. The molecule has 0 amide bonds. The monoisotopic (exact) mass is 317 g/mol. The molecule has 0 spiro atoms. The summed E-state index contributed by atoms with van der Waals surface area (Å²) >= 11 is 0. The fraction of sp³-hybridized carbons (Fsp3) is 0.421. The Morgan fingerprint density at radius 3 is 2.26 bits per heavy atom. The number of hydrogen-bond donors (Lipinski definition) is 0. The third-order valence-corrected chi connectivity index (χ3v) is 5.66. The third-order valence-electron chi connectivity index (χ3n) is 5.66. The van der Waals surface area contributed by atoms with Crippen molar-refractivity contribution in [2.24, 2.45) is 5.92 Å². The maximum absolute atomic E-state index is 12.7. The zero-order chi connectivity index (χ0) is 16.2. The maximum Gasteiger partial charge on any atom is 0.433 e.